The lowest BCUT2D eigenvalue weighted by Gasteiger charge is -2.14. The summed E-state index contributed by atoms with van der Waals surface area (Å²) in [6.45, 7) is 0. The average molecular weight is 315 g/mol. The Morgan fingerprint density at radius 3 is 1.81 bits per heavy atom. The van der Waals surface area contributed by atoms with E-state index in [0.717, 1.165) is 0 Å². The standard InChI is InChI=1S/C12H11F6NO2/c13-11(14,15)7-3-6(1-2-9(19)10(20)21)4-8(5-7)12(16,17)18/h3-5,9H,1-2,19H2,(H,20,21)/t9-/m1/s1. The first-order valence-electron chi connectivity index (χ1n) is 5.68. The van der Waals surface area contributed by atoms with Gasteiger partial charge in [0.05, 0.1) is 11.1 Å². The lowest BCUT2D eigenvalue weighted by Crippen LogP contribution is -2.30. The molecule has 1 atom stereocenters. The molecule has 0 aliphatic heterocycles. The van der Waals surface area contributed by atoms with Crippen LogP contribution in [-0.2, 0) is 23.6 Å². The zero-order chi connectivity index (χ0) is 16.4. The number of benzene rings is 1. The number of rotatable bonds is 4. The predicted octanol–water partition coefficient (Wildman–Crippen LogP) is 3.07. The van der Waals surface area contributed by atoms with Crippen molar-refractivity contribution in [2.75, 3.05) is 0 Å². The lowest BCUT2D eigenvalue weighted by atomic mass is 9.99. The fourth-order valence-electron chi connectivity index (χ4n) is 1.61. The van der Waals surface area contributed by atoms with E-state index in [1.165, 1.54) is 0 Å². The van der Waals surface area contributed by atoms with Crippen molar-refractivity contribution in [1.82, 2.24) is 0 Å². The van der Waals surface area contributed by atoms with Crippen molar-refractivity contribution in [3.05, 3.63) is 34.9 Å². The van der Waals surface area contributed by atoms with Gasteiger partial charge in [-0.2, -0.15) is 26.3 Å². The first-order valence-corrected chi connectivity index (χ1v) is 5.68. The van der Waals surface area contributed by atoms with Gasteiger partial charge in [0.2, 0.25) is 0 Å². The minimum absolute atomic E-state index is 0.0145. The SMILES string of the molecule is N[C@H](CCc1cc(C(F)(F)F)cc(C(F)(F)F)c1)C(=O)O. The van der Waals surface area contributed by atoms with Gasteiger partial charge in [0, 0.05) is 0 Å². The van der Waals surface area contributed by atoms with Gasteiger partial charge >= 0.3 is 18.3 Å². The molecule has 0 saturated heterocycles. The fraction of sp³-hybridized carbons (Fsp3) is 0.417. The third-order valence-corrected chi connectivity index (χ3v) is 2.71. The number of nitrogens with two attached hydrogens (primary N) is 1. The Morgan fingerprint density at radius 1 is 1.05 bits per heavy atom. The molecule has 0 aliphatic rings. The molecule has 0 unspecified atom stereocenters. The molecule has 1 aromatic carbocycles. The Balaban J connectivity index is 3.11. The molecule has 3 nitrogen and oxygen atoms in total. The van der Waals surface area contributed by atoms with Crippen LogP contribution in [0.4, 0.5) is 26.3 Å². The van der Waals surface area contributed by atoms with Crippen LogP contribution in [-0.4, -0.2) is 17.1 Å². The maximum atomic E-state index is 12.6. The number of aryl methyl sites for hydroxylation is 1. The van der Waals surface area contributed by atoms with Crippen molar-refractivity contribution >= 4 is 5.97 Å². The molecule has 1 rings (SSSR count). The van der Waals surface area contributed by atoms with E-state index in [0.29, 0.717) is 12.1 Å². The van der Waals surface area contributed by atoms with Crippen LogP contribution in [0.2, 0.25) is 0 Å². The highest BCUT2D eigenvalue weighted by atomic mass is 19.4. The van der Waals surface area contributed by atoms with Crippen molar-refractivity contribution in [3.63, 3.8) is 0 Å². The molecule has 0 fully saturated rings. The number of aliphatic carboxylic acids is 1. The van der Waals surface area contributed by atoms with Gasteiger partial charge in [-0.15, -0.1) is 0 Å². The average Bonchev–Trinajstić information content (AvgIpc) is 2.33. The number of halogens is 6. The third-order valence-electron chi connectivity index (χ3n) is 2.71. The number of carboxylic acids is 1. The second-order valence-electron chi connectivity index (χ2n) is 4.40. The van der Waals surface area contributed by atoms with Gasteiger partial charge in [0.15, 0.2) is 0 Å². The predicted molar refractivity (Wildman–Crippen MR) is 60.4 cm³/mol. The normalized spacial score (nSPS) is 14.0. The van der Waals surface area contributed by atoms with Crippen LogP contribution in [0.1, 0.15) is 23.1 Å². The largest absolute Gasteiger partial charge is 0.480 e. The van der Waals surface area contributed by atoms with Gasteiger partial charge in [0.1, 0.15) is 6.04 Å². The van der Waals surface area contributed by atoms with Crippen LogP contribution in [0, 0.1) is 0 Å². The number of hydrogen-bond donors (Lipinski definition) is 2. The van der Waals surface area contributed by atoms with E-state index in [1.54, 1.807) is 0 Å². The van der Waals surface area contributed by atoms with Crippen LogP contribution in [0.15, 0.2) is 18.2 Å². The van der Waals surface area contributed by atoms with Gasteiger partial charge in [-0.3, -0.25) is 4.79 Å². The maximum absolute atomic E-state index is 12.6. The second-order valence-corrected chi connectivity index (χ2v) is 4.40. The van der Waals surface area contributed by atoms with Crippen LogP contribution in [0.3, 0.4) is 0 Å². The molecule has 0 spiro atoms. The molecule has 0 radical (unpaired) electrons. The topological polar surface area (TPSA) is 63.3 Å². The smallest absolute Gasteiger partial charge is 0.416 e. The fourth-order valence-corrected chi connectivity index (χ4v) is 1.61. The summed E-state index contributed by atoms with van der Waals surface area (Å²) < 4.78 is 75.5. The molecular weight excluding hydrogens is 304 g/mol. The van der Waals surface area contributed by atoms with E-state index in [9.17, 15) is 31.1 Å². The molecule has 118 valence electrons. The summed E-state index contributed by atoms with van der Waals surface area (Å²) in [5, 5.41) is 8.54. The summed E-state index contributed by atoms with van der Waals surface area (Å²) >= 11 is 0. The Bertz CT molecular complexity index is 491. The number of carboxylic acid groups (broad SMARTS) is 1. The van der Waals surface area contributed by atoms with E-state index in [4.69, 9.17) is 10.8 Å². The van der Waals surface area contributed by atoms with Gasteiger partial charge in [-0.25, -0.2) is 0 Å². The van der Waals surface area contributed by atoms with Gasteiger partial charge in [0.25, 0.3) is 0 Å². The molecule has 9 heteroatoms. The summed E-state index contributed by atoms with van der Waals surface area (Å²) in [6.07, 6.45) is -10.4. The molecular formula is C12H11F6NO2. The molecule has 0 aliphatic carbocycles. The highest BCUT2D eigenvalue weighted by Gasteiger charge is 2.36. The maximum Gasteiger partial charge on any atom is 0.416 e. The summed E-state index contributed by atoms with van der Waals surface area (Å²) in [5.74, 6) is -1.38. The number of alkyl halides is 6. The Morgan fingerprint density at radius 2 is 1.48 bits per heavy atom. The zero-order valence-electron chi connectivity index (χ0n) is 10.4. The van der Waals surface area contributed by atoms with Gasteiger partial charge < -0.3 is 10.8 Å². The van der Waals surface area contributed by atoms with Crippen molar-refractivity contribution in [1.29, 1.82) is 0 Å². The molecule has 0 amide bonds. The van der Waals surface area contributed by atoms with Gasteiger partial charge in [-0.1, -0.05) is 0 Å². The van der Waals surface area contributed by atoms with Gasteiger partial charge in [-0.05, 0) is 36.6 Å². The third kappa shape index (κ3) is 4.92. The number of hydrogen-bond acceptors (Lipinski definition) is 2. The molecule has 0 bridgehead atoms. The van der Waals surface area contributed by atoms with Crippen LogP contribution < -0.4 is 5.73 Å². The Kier molecular flexibility index (Phi) is 4.87. The quantitative estimate of drug-likeness (QED) is 0.839. The molecule has 21 heavy (non-hydrogen) atoms. The highest BCUT2D eigenvalue weighted by molar-refractivity contribution is 5.73. The Hall–Kier alpha value is -1.77. The zero-order valence-corrected chi connectivity index (χ0v) is 10.4. The van der Waals surface area contributed by atoms with E-state index in [1.807, 2.05) is 0 Å². The van der Waals surface area contributed by atoms with E-state index < -0.39 is 35.5 Å². The molecule has 0 saturated carbocycles. The van der Waals surface area contributed by atoms with Crippen LogP contribution in [0.5, 0.6) is 0 Å². The molecule has 0 heterocycles. The van der Waals surface area contributed by atoms with Crippen molar-refractivity contribution in [2.45, 2.75) is 31.2 Å². The van der Waals surface area contributed by atoms with E-state index >= 15 is 0 Å². The highest BCUT2D eigenvalue weighted by Crippen LogP contribution is 2.36. The van der Waals surface area contributed by atoms with E-state index in [2.05, 4.69) is 0 Å². The summed E-state index contributed by atoms with van der Waals surface area (Å²) in [7, 11) is 0. The molecule has 1 aromatic rings. The Labute approximate surface area is 115 Å². The summed E-state index contributed by atoms with van der Waals surface area (Å²) in [4.78, 5) is 10.5. The van der Waals surface area contributed by atoms with Crippen LogP contribution in [0.25, 0.3) is 0 Å². The molecule has 0 aromatic heterocycles. The summed E-state index contributed by atoms with van der Waals surface area (Å²) in [6, 6.07) is -0.220. The van der Waals surface area contributed by atoms with Crippen molar-refractivity contribution in [3.8, 4) is 0 Å². The lowest BCUT2D eigenvalue weighted by molar-refractivity contribution is -0.143. The molecule has 3 N–H and O–H groups in total. The number of carbonyl (C=O) groups is 1. The van der Waals surface area contributed by atoms with E-state index in [-0.39, 0.29) is 24.5 Å². The second kappa shape index (κ2) is 5.92. The van der Waals surface area contributed by atoms with Crippen molar-refractivity contribution < 1.29 is 36.2 Å². The van der Waals surface area contributed by atoms with Crippen molar-refractivity contribution in [2.24, 2.45) is 5.73 Å². The first-order chi connectivity index (χ1) is 9.41. The monoisotopic (exact) mass is 315 g/mol. The first kappa shape index (κ1) is 17.3. The van der Waals surface area contributed by atoms with Crippen LogP contribution >= 0.6 is 0 Å². The summed E-state index contributed by atoms with van der Waals surface area (Å²) in [5.41, 5.74) is 2.03. The minimum atomic E-state index is -4.93. The minimum Gasteiger partial charge on any atom is -0.480 e.